The van der Waals surface area contributed by atoms with Crippen molar-refractivity contribution in [3.8, 4) is 0 Å². The minimum absolute atomic E-state index is 0.0193. The van der Waals surface area contributed by atoms with Crippen molar-refractivity contribution >= 4 is 33.2 Å². The van der Waals surface area contributed by atoms with Gasteiger partial charge in [0.1, 0.15) is 0 Å². The highest BCUT2D eigenvalue weighted by Gasteiger charge is 2.23. The number of Topliss-reactive ketones (excluding diaryl/α,β-unsaturated/α-hetero) is 1. The van der Waals surface area contributed by atoms with Crippen molar-refractivity contribution in [2.45, 2.75) is 50.1 Å². The number of carbonyl (C=O) groups is 1. The molecule has 31 heavy (non-hydrogen) atoms. The molecule has 3 rings (SSSR count). The van der Waals surface area contributed by atoms with E-state index in [0.717, 1.165) is 0 Å². The van der Waals surface area contributed by atoms with E-state index in [4.69, 9.17) is 0 Å². The number of hydrogen-bond donors (Lipinski definition) is 0. The molecule has 0 bridgehead atoms. The van der Waals surface area contributed by atoms with Crippen molar-refractivity contribution in [2.75, 3.05) is 18.8 Å². The van der Waals surface area contributed by atoms with Crippen LogP contribution in [0.2, 0.25) is 0 Å². The molecule has 0 aliphatic rings. The summed E-state index contributed by atoms with van der Waals surface area (Å²) in [6, 6.07) is 10.8. The van der Waals surface area contributed by atoms with Gasteiger partial charge in [0.15, 0.2) is 16.6 Å². The summed E-state index contributed by atoms with van der Waals surface area (Å²) in [5, 5.41) is 8.70. The lowest BCUT2D eigenvalue weighted by molar-refractivity contribution is 0.102. The number of benzene rings is 1. The van der Waals surface area contributed by atoms with Gasteiger partial charge in [0.05, 0.1) is 10.6 Å². The minimum Gasteiger partial charge on any atom is -0.293 e. The molecule has 166 valence electrons. The number of ketones is 1. The molecular weight excluding hydrogens is 432 g/mol. The fourth-order valence-corrected chi connectivity index (χ4v) is 5.45. The van der Waals surface area contributed by atoms with Crippen molar-refractivity contribution in [3.63, 3.8) is 0 Å². The Morgan fingerprint density at radius 2 is 1.68 bits per heavy atom. The maximum absolute atomic E-state index is 12.8. The fourth-order valence-electron chi connectivity index (χ4n) is 3.18. The molecule has 0 aliphatic heterocycles. The van der Waals surface area contributed by atoms with E-state index in [-0.39, 0.29) is 21.8 Å². The van der Waals surface area contributed by atoms with Gasteiger partial charge in [0, 0.05) is 24.8 Å². The first-order chi connectivity index (χ1) is 14.6. The second-order valence-corrected chi connectivity index (χ2v) is 11.1. The number of hydrogen-bond acceptors (Lipinski definition) is 6. The Morgan fingerprint density at radius 3 is 2.26 bits per heavy atom. The lowest BCUT2D eigenvalue weighted by Gasteiger charge is -2.19. The first kappa shape index (κ1) is 23.4. The number of thioether (sulfide) groups is 1. The predicted octanol–water partition coefficient (Wildman–Crippen LogP) is 4.03. The van der Waals surface area contributed by atoms with Crippen LogP contribution < -0.4 is 0 Å². The summed E-state index contributed by atoms with van der Waals surface area (Å²) in [5.41, 5.74) is 2.36. The summed E-state index contributed by atoms with van der Waals surface area (Å²) in [7, 11) is -3.60. The van der Waals surface area contributed by atoms with Crippen molar-refractivity contribution in [2.24, 2.45) is 0 Å². The summed E-state index contributed by atoms with van der Waals surface area (Å²) in [4.78, 5) is 12.8. The van der Waals surface area contributed by atoms with Crippen LogP contribution in [0.1, 0.15) is 50.5 Å². The Labute approximate surface area is 187 Å². The van der Waals surface area contributed by atoms with E-state index in [2.05, 4.69) is 31.0 Å². The summed E-state index contributed by atoms with van der Waals surface area (Å²) in [5.74, 6) is 0.164. The smallest absolute Gasteiger partial charge is 0.244 e. The maximum atomic E-state index is 12.8. The number of fused-ring (bicyclic) bond motifs is 1. The van der Waals surface area contributed by atoms with Crippen molar-refractivity contribution < 1.29 is 13.2 Å². The molecule has 0 aliphatic carbocycles. The highest BCUT2D eigenvalue weighted by molar-refractivity contribution is 7.99. The quantitative estimate of drug-likeness (QED) is 0.373. The first-order valence-electron chi connectivity index (χ1n) is 10.2. The zero-order valence-electron chi connectivity index (χ0n) is 18.5. The van der Waals surface area contributed by atoms with E-state index in [9.17, 15) is 13.2 Å². The van der Waals surface area contributed by atoms with Crippen LogP contribution in [0.25, 0.3) is 5.65 Å². The van der Waals surface area contributed by atoms with E-state index in [1.807, 2.05) is 24.3 Å². The van der Waals surface area contributed by atoms with E-state index in [1.54, 1.807) is 24.3 Å². The predicted molar refractivity (Wildman–Crippen MR) is 123 cm³/mol. The average Bonchev–Trinajstić information content (AvgIpc) is 3.14. The summed E-state index contributed by atoms with van der Waals surface area (Å²) in [6.45, 7) is 10.8. The topological polar surface area (TPSA) is 84.6 Å². The third kappa shape index (κ3) is 4.99. The molecule has 7 nitrogen and oxygen atoms in total. The molecular formula is C22H28N4O3S2. The van der Waals surface area contributed by atoms with Gasteiger partial charge in [0.25, 0.3) is 0 Å². The van der Waals surface area contributed by atoms with Crippen molar-refractivity contribution in [1.29, 1.82) is 0 Å². The van der Waals surface area contributed by atoms with Gasteiger partial charge in [-0.05, 0) is 23.1 Å². The third-order valence-electron chi connectivity index (χ3n) is 5.09. The number of rotatable bonds is 8. The molecule has 2 aromatic heterocycles. The fraction of sp³-hybridized carbons (Fsp3) is 0.409. The second-order valence-electron chi connectivity index (χ2n) is 8.20. The van der Waals surface area contributed by atoms with E-state index >= 15 is 0 Å². The molecule has 0 saturated carbocycles. The van der Waals surface area contributed by atoms with Crippen molar-refractivity contribution in [3.05, 3.63) is 53.7 Å². The normalized spacial score (nSPS) is 12.6. The van der Waals surface area contributed by atoms with Crippen LogP contribution in [0.15, 0.2) is 52.6 Å². The Hall–Kier alpha value is -2.23. The first-order valence-corrected chi connectivity index (χ1v) is 12.6. The molecule has 9 heteroatoms. The molecule has 0 amide bonds. The molecule has 3 aromatic rings. The van der Waals surface area contributed by atoms with Gasteiger partial charge in [-0.2, -0.15) is 4.31 Å². The van der Waals surface area contributed by atoms with Gasteiger partial charge in [-0.1, -0.05) is 70.6 Å². The zero-order chi connectivity index (χ0) is 22.8. The number of carbonyl (C=O) groups excluding carboxylic acids is 1. The Bertz CT molecular complexity index is 1180. The molecule has 0 atom stereocenters. The summed E-state index contributed by atoms with van der Waals surface area (Å²) < 4.78 is 28.7. The maximum Gasteiger partial charge on any atom is 0.244 e. The highest BCUT2D eigenvalue weighted by atomic mass is 32.2. The Kier molecular flexibility index (Phi) is 6.88. The van der Waals surface area contributed by atoms with Gasteiger partial charge in [-0.3, -0.25) is 9.20 Å². The van der Waals surface area contributed by atoms with Crippen LogP contribution in [0.5, 0.6) is 0 Å². The van der Waals surface area contributed by atoms with Crippen LogP contribution in [-0.4, -0.2) is 51.9 Å². The van der Waals surface area contributed by atoms with E-state index in [1.165, 1.54) is 33.9 Å². The molecule has 1 aromatic carbocycles. The minimum atomic E-state index is -3.60. The van der Waals surface area contributed by atoms with Crippen LogP contribution >= 0.6 is 11.8 Å². The molecule has 0 spiro atoms. The summed E-state index contributed by atoms with van der Waals surface area (Å²) in [6.07, 6.45) is 1.52. The molecule has 0 saturated heterocycles. The highest BCUT2D eigenvalue weighted by Crippen LogP contribution is 2.24. The third-order valence-corrected chi connectivity index (χ3v) is 8.07. The van der Waals surface area contributed by atoms with Gasteiger partial charge >= 0.3 is 0 Å². The number of nitrogens with zero attached hydrogens (tertiary/aromatic N) is 4. The van der Waals surface area contributed by atoms with Crippen LogP contribution in [0.4, 0.5) is 0 Å². The van der Waals surface area contributed by atoms with Crippen LogP contribution in [-0.2, 0) is 15.4 Å². The lowest BCUT2D eigenvalue weighted by atomic mass is 9.86. The molecule has 2 heterocycles. The van der Waals surface area contributed by atoms with Gasteiger partial charge < -0.3 is 0 Å². The van der Waals surface area contributed by atoms with Gasteiger partial charge in [-0.15, -0.1) is 10.2 Å². The van der Waals surface area contributed by atoms with E-state index < -0.39 is 10.0 Å². The molecule has 0 fully saturated rings. The molecule has 0 radical (unpaired) electrons. The SMILES string of the molecule is CCN(CC)S(=O)(=O)c1ccc2nnc(SCC(=O)c3ccc(C(C)(C)C)cc3)n2c1. The average molecular weight is 461 g/mol. The van der Waals surface area contributed by atoms with E-state index in [0.29, 0.717) is 29.5 Å². The lowest BCUT2D eigenvalue weighted by Crippen LogP contribution is -2.30. The van der Waals surface area contributed by atoms with Crippen molar-refractivity contribution in [1.82, 2.24) is 18.9 Å². The van der Waals surface area contributed by atoms with Gasteiger partial charge in [0.2, 0.25) is 10.0 Å². The standard InChI is InChI=1S/C22H28N4O3S2/c1-6-25(7-2)31(28,29)18-12-13-20-23-24-21(26(20)14-18)30-15-19(27)16-8-10-17(11-9-16)22(3,4)5/h8-14H,6-7,15H2,1-5H3. The molecule has 0 N–H and O–H groups in total. The monoisotopic (exact) mass is 460 g/mol. The number of pyridine rings is 1. The zero-order valence-corrected chi connectivity index (χ0v) is 20.1. The van der Waals surface area contributed by atoms with Crippen LogP contribution in [0.3, 0.4) is 0 Å². The second kappa shape index (κ2) is 9.10. The molecule has 0 unspecified atom stereocenters. The largest absolute Gasteiger partial charge is 0.293 e. The Balaban J connectivity index is 1.80. The Morgan fingerprint density at radius 1 is 1.03 bits per heavy atom. The summed E-state index contributed by atoms with van der Waals surface area (Å²) >= 11 is 1.24. The van der Waals surface area contributed by atoms with Gasteiger partial charge in [-0.25, -0.2) is 8.42 Å². The number of sulfonamides is 1. The number of aromatic nitrogens is 3. The van der Waals surface area contributed by atoms with Crippen LogP contribution in [0, 0.1) is 0 Å².